The van der Waals surface area contributed by atoms with Gasteiger partial charge in [-0.3, -0.25) is 0 Å². The second-order valence-electron chi connectivity index (χ2n) is 6.08. The van der Waals surface area contributed by atoms with Gasteiger partial charge >= 0.3 is 0 Å². The van der Waals surface area contributed by atoms with Gasteiger partial charge in [-0.05, 0) is 67.1 Å². The number of anilines is 2. The smallest absolute Gasteiger partial charge is 0.162 e. The van der Waals surface area contributed by atoms with Crippen molar-refractivity contribution in [3.63, 3.8) is 0 Å². The zero-order valence-electron chi connectivity index (χ0n) is 14.5. The van der Waals surface area contributed by atoms with Crippen LogP contribution in [0.2, 0.25) is 5.15 Å². The third kappa shape index (κ3) is 3.99. The number of phenols is 1. The number of fused-ring (bicyclic) bond motifs is 1. The second-order valence-corrected chi connectivity index (χ2v) is 7.59. The molecule has 6 heteroatoms. The Morgan fingerprint density at radius 2 is 1.78 bits per heavy atom. The van der Waals surface area contributed by atoms with Gasteiger partial charge in [0.2, 0.25) is 0 Å². The summed E-state index contributed by atoms with van der Waals surface area (Å²) in [6.07, 6.45) is 1.72. The topological polar surface area (TPSA) is 58.0 Å². The number of nitrogens with one attached hydrogen (secondary N) is 1. The molecule has 0 aliphatic carbocycles. The van der Waals surface area contributed by atoms with Crippen molar-refractivity contribution >= 4 is 45.8 Å². The standard InChI is InChI=1S/C21H16ClN3OS/c1-13-2-8-19(27-15-5-3-14(26)4-6-15)18(12-13)24-17-10-11-23-21-16(17)7-9-20(22)25-21/h2-12,26H,1H3,(H,23,24,25). The molecule has 0 bridgehead atoms. The minimum Gasteiger partial charge on any atom is -0.508 e. The lowest BCUT2D eigenvalue weighted by Crippen LogP contribution is -1.96. The van der Waals surface area contributed by atoms with E-state index in [-0.39, 0.29) is 5.75 Å². The summed E-state index contributed by atoms with van der Waals surface area (Å²) >= 11 is 7.62. The Balaban J connectivity index is 1.72. The molecule has 134 valence electrons. The Morgan fingerprint density at radius 1 is 0.963 bits per heavy atom. The number of aromatic hydroxyl groups is 1. The number of aromatic nitrogens is 2. The minimum atomic E-state index is 0.260. The van der Waals surface area contributed by atoms with Crippen LogP contribution in [0.5, 0.6) is 5.75 Å². The molecule has 0 saturated carbocycles. The Kier molecular flexibility index (Phi) is 4.88. The van der Waals surface area contributed by atoms with Crippen LogP contribution in [0.15, 0.2) is 76.7 Å². The molecule has 0 spiro atoms. The molecule has 0 unspecified atom stereocenters. The number of hydrogen-bond donors (Lipinski definition) is 2. The maximum atomic E-state index is 9.49. The molecule has 4 nitrogen and oxygen atoms in total. The van der Waals surface area contributed by atoms with Gasteiger partial charge in [0.25, 0.3) is 0 Å². The van der Waals surface area contributed by atoms with E-state index >= 15 is 0 Å². The fourth-order valence-electron chi connectivity index (χ4n) is 2.73. The molecule has 0 aliphatic rings. The number of benzene rings is 2. The molecule has 4 aromatic rings. The summed E-state index contributed by atoms with van der Waals surface area (Å²) in [5.41, 5.74) is 3.68. The molecule has 2 N–H and O–H groups in total. The van der Waals surface area contributed by atoms with Gasteiger partial charge < -0.3 is 10.4 Å². The SMILES string of the molecule is Cc1ccc(Sc2ccc(O)cc2)c(Nc2ccnc3nc(Cl)ccc23)c1. The van der Waals surface area contributed by atoms with E-state index in [4.69, 9.17) is 11.6 Å². The molecule has 0 aliphatic heterocycles. The van der Waals surface area contributed by atoms with Crippen LogP contribution in [0.3, 0.4) is 0 Å². The van der Waals surface area contributed by atoms with Gasteiger partial charge in [-0.2, -0.15) is 0 Å². The van der Waals surface area contributed by atoms with Gasteiger partial charge in [0.15, 0.2) is 5.65 Å². The van der Waals surface area contributed by atoms with Crippen LogP contribution in [0, 0.1) is 6.92 Å². The Labute approximate surface area is 166 Å². The number of phenolic OH excluding ortho intramolecular Hbond substituents is 1. The number of hydrogen-bond acceptors (Lipinski definition) is 5. The molecule has 0 radical (unpaired) electrons. The van der Waals surface area contributed by atoms with Crippen molar-refractivity contribution in [1.82, 2.24) is 9.97 Å². The molecular formula is C21H16ClN3OS. The molecule has 0 fully saturated rings. The van der Waals surface area contributed by atoms with Gasteiger partial charge in [-0.25, -0.2) is 9.97 Å². The average Bonchev–Trinajstić information content (AvgIpc) is 2.65. The van der Waals surface area contributed by atoms with Crippen molar-refractivity contribution < 1.29 is 5.11 Å². The molecule has 0 saturated heterocycles. The summed E-state index contributed by atoms with van der Waals surface area (Å²) in [5.74, 6) is 0.260. The van der Waals surface area contributed by atoms with E-state index in [1.807, 2.05) is 24.3 Å². The van der Waals surface area contributed by atoms with E-state index in [2.05, 4.69) is 40.4 Å². The highest BCUT2D eigenvalue weighted by molar-refractivity contribution is 7.99. The first-order valence-electron chi connectivity index (χ1n) is 8.34. The minimum absolute atomic E-state index is 0.260. The van der Waals surface area contributed by atoms with Gasteiger partial charge in [0, 0.05) is 21.4 Å². The lowest BCUT2D eigenvalue weighted by molar-refractivity contribution is 0.475. The quantitative estimate of drug-likeness (QED) is 0.405. The molecular weight excluding hydrogens is 378 g/mol. The average molecular weight is 394 g/mol. The summed E-state index contributed by atoms with van der Waals surface area (Å²) in [5, 5.41) is 14.3. The van der Waals surface area contributed by atoms with Gasteiger partial charge in [-0.15, -0.1) is 0 Å². The zero-order chi connectivity index (χ0) is 18.8. The van der Waals surface area contributed by atoms with E-state index in [1.54, 1.807) is 36.2 Å². The normalized spacial score (nSPS) is 10.9. The number of rotatable bonds is 4. The molecule has 0 atom stereocenters. The van der Waals surface area contributed by atoms with Crippen molar-refractivity contribution in [2.75, 3.05) is 5.32 Å². The first kappa shape index (κ1) is 17.6. The van der Waals surface area contributed by atoms with Crippen LogP contribution in [-0.2, 0) is 0 Å². The third-order valence-electron chi connectivity index (χ3n) is 4.04. The van der Waals surface area contributed by atoms with Crippen LogP contribution in [0.4, 0.5) is 11.4 Å². The summed E-state index contributed by atoms with van der Waals surface area (Å²) < 4.78 is 0. The fraction of sp³-hybridized carbons (Fsp3) is 0.0476. The summed E-state index contributed by atoms with van der Waals surface area (Å²) in [7, 11) is 0. The van der Waals surface area contributed by atoms with Crippen molar-refractivity contribution in [3.8, 4) is 5.75 Å². The first-order chi connectivity index (χ1) is 13.1. The van der Waals surface area contributed by atoms with E-state index in [1.165, 1.54) is 0 Å². The molecule has 2 heterocycles. The van der Waals surface area contributed by atoms with Crippen molar-refractivity contribution in [2.45, 2.75) is 16.7 Å². The maximum Gasteiger partial charge on any atom is 0.162 e. The highest BCUT2D eigenvalue weighted by atomic mass is 35.5. The summed E-state index contributed by atoms with van der Waals surface area (Å²) in [6, 6.07) is 19.1. The number of aryl methyl sites for hydroxylation is 1. The predicted octanol–water partition coefficient (Wildman–Crippen LogP) is 6.19. The summed E-state index contributed by atoms with van der Waals surface area (Å²) in [4.78, 5) is 10.7. The van der Waals surface area contributed by atoms with E-state index in [0.717, 1.165) is 32.1 Å². The zero-order valence-corrected chi connectivity index (χ0v) is 16.1. The Bertz CT molecular complexity index is 1120. The van der Waals surface area contributed by atoms with Gasteiger partial charge in [-0.1, -0.05) is 29.4 Å². The highest BCUT2D eigenvalue weighted by Crippen LogP contribution is 2.37. The largest absolute Gasteiger partial charge is 0.508 e. The molecule has 4 rings (SSSR count). The predicted molar refractivity (Wildman–Crippen MR) is 111 cm³/mol. The van der Waals surface area contributed by atoms with Crippen LogP contribution in [-0.4, -0.2) is 15.1 Å². The number of nitrogens with zero attached hydrogens (tertiary/aromatic N) is 2. The van der Waals surface area contributed by atoms with Crippen molar-refractivity contribution in [3.05, 3.63) is 77.6 Å². The Morgan fingerprint density at radius 3 is 2.59 bits per heavy atom. The van der Waals surface area contributed by atoms with E-state index in [9.17, 15) is 5.11 Å². The lowest BCUT2D eigenvalue weighted by atomic mass is 10.2. The highest BCUT2D eigenvalue weighted by Gasteiger charge is 2.09. The maximum absolute atomic E-state index is 9.49. The van der Waals surface area contributed by atoms with Crippen LogP contribution in [0.1, 0.15) is 5.56 Å². The monoisotopic (exact) mass is 393 g/mol. The molecule has 0 amide bonds. The molecule has 2 aromatic heterocycles. The van der Waals surface area contributed by atoms with Crippen molar-refractivity contribution in [2.24, 2.45) is 0 Å². The third-order valence-corrected chi connectivity index (χ3v) is 5.33. The molecule has 2 aromatic carbocycles. The number of pyridine rings is 2. The van der Waals surface area contributed by atoms with Crippen LogP contribution in [0.25, 0.3) is 11.0 Å². The van der Waals surface area contributed by atoms with Crippen molar-refractivity contribution in [1.29, 1.82) is 0 Å². The summed E-state index contributed by atoms with van der Waals surface area (Å²) in [6.45, 7) is 2.06. The van der Waals surface area contributed by atoms with Crippen LogP contribution < -0.4 is 5.32 Å². The fourth-order valence-corrected chi connectivity index (χ4v) is 3.76. The lowest BCUT2D eigenvalue weighted by Gasteiger charge is -2.14. The number of halogens is 1. The van der Waals surface area contributed by atoms with Gasteiger partial charge in [0.05, 0.1) is 11.4 Å². The van der Waals surface area contributed by atoms with E-state index < -0.39 is 0 Å². The Hall–Kier alpha value is -2.76. The van der Waals surface area contributed by atoms with Crippen LogP contribution >= 0.6 is 23.4 Å². The molecule has 27 heavy (non-hydrogen) atoms. The first-order valence-corrected chi connectivity index (χ1v) is 9.54. The van der Waals surface area contributed by atoms with Gasteiger partial charge in [0.1, 0.15) is 10.9 Å². The second kappa shape index (κ2) is 7.47. The van der Waals surface area contributed by atoms with E-state index in [0.29, 0.717) is 10.8 Å².